The summed E-state index contributed by atoms with van der Waals surface area (Å²) in [5.74, 6) is -1.08. The molecule has 5 nitrogen and oxygen atoms in total. The van der Waals surface area contributed by atoms with Crippen LogP contribution in [0.15, 0.2) is 24.3 Å². The number of hydrogen-bond donors (Lipinski definition) is 1. The molecule has 0 spiro atoms. The fourth-order valence-electron chi connectivity index (χ4n) is 1.49. The second kappa shape index (κ2) is 6.32. The van der Waals surface area contributed by atoms with Crippen molar-refractivity contribution in [3.05, 3.63) is 29.8 Å². The number of carbonyl (C=O) groups is 3. The van der Waals surface area contributed by atoms with Gasteiger partial charge >= 0.3 is 5.97 Å². The fraction of sp³-hybridized carbons (Fsp3) is 0.400. The van der Waals surface area contributed by atoms with E-state index in [1.165, 1.54) is 13.0 Å². The predicted octanol–water partition coefficient (Wildman–Crippen LogP) is 2.56. The predicted molar refractivity (Wildman–Crippen MR) is 75.5 cm³/mol. The Bertz CT molecular complexity index is 529. The maximum atomic E-state index is 11.9. The summed E-state index contributed by atoms with van der Waals surface area (Å²) in [5, 5.41) is 2.56. The number of Topliss-reactive ketones (excluding diaryl/α,β-unsaturated/α-hetero) is 1. The molecule has 1 aromatic rings. The van der Waals surface area contributed by atoms with Crippen molar-refractivity contribution in [1.29, 1.82) is 0 Å². The number of rotatable bonds is 4. The Morgan fingerprint density at radius 2 is 1.85 bits per heavy atom. The molecule has 0 saturated heterocycles. The highest BCUT2D eigenvalue weighted by molar-refractivity contribution is 6.04. The fourth-order valence-corrected chi connectivity index (χ4v) is 1.49. The highest BCUT2D eigenvalue weighted by atomic mass is 16.6. The molecule has 0 atom stereocenters. The maximum Gasteiger partial charge on any atom is 0.338 e. The monoisotopic (exact) mass is 277 g/mol. The lowest BCUT2D eigenvalue weighted by molar-refractivity contribution is -0.124. The van der Waals surface area contributed by atoms with Gasteiger partial charge in [-0.25, -0.2) is 4.79 Å². The van der Waals surface area contributed by atoms with E-state index in [0.717, 1.165) is 0 Å². The summed E-state index contributed by atoms with van der Waals surface area (Å²) in [6, 6.07) is 6.41. The van der Waals surface area contributed by atoms with Gasteiger partial charge in [-0.15, -0.1) is 0 Å². The van der Waals surface area contributed by atoms with Gasteiger partial charge < -0.3 is 10.1 Å². The van der Waals surface area contributed by atoms with Crippen LogP contribution in [0.3, 0.4) is 0 Å². The standard InChI is InChI=1S/C15H19NO4/c1-10(17)8-13(18)16-12-7-5-6-11(9-12)14(19)20-15(2,3)4/h5-7,9H,8H2,1-4H3,(H,16,18). The molecular weight excluding hydrogens is 258 g/mol. The molecule has 0 aliphatic rings. The van der Waals surface area contributed by atoms with Crippen LogP contribution in [0.5, 0.6) is 0 Å². The lowest BCUT2D eigenvalue weighted by Gasteiger charge is -2.19. The molecule has 0 aromatic heterocycles. The van der Waals surface area contributed by atoms with E-state index in [1.54, 1.807) is 39.0 Å². The van der Waals surface area contributed by atoms with Gasteiger partial charge in [-0.2, -0.15) is 0 Å². The zero-order chi connectivity index (χ0) is 15.3. The molecule has 5 heteroatoms. The number of anilines is 1. The molecule has 0 heterocycles. The van der Waals surface area contributed by atoms with Crippen LogP contribution >= 0.6 is 0 Å². The van der Waals surface area contributed by atoms with Crippen molar-refractivity contribution in [2.24, 2.45) is 0 Å². The molecule has 0 saturated carbocycles. The number of hydrogen-bond acceptors (Lipinski definition) is 4. The van der Waals surface area contributed by atoms with E-state index in [-0.39, 0.29) is 12.2 Å². The van der Waals surface area contributed by atoms with Gasteiger partial charge in [-0.1, -0.05) is 6.07 Å². The molecule has 1 N–H and O–H groups in total. The quantitative estimate of drug-likeness (QED) is 0.678. The Morgan fingerprint density at radius 3 is 2.40 bits per heavy atom. The molecule has 0 aliphatic heterocycles. The number of esters is 1. The molecule has 0 aliphatic carbocycles. The second-order valence-electron chi connectivity index (χ2n) is 5.51. The SMILES string of the molecule is CC(=O)CC(=O)Nc1cccc(C(=O)OC(C)(C)C)c1. The van der Waals surface area contributed by atoms with Crippen LogP contribution in [0, 0.1) is 0 Å². The summed E-state index contributed by atoms with van der Waals surface area (Å²) < 4.78 is 5.24. The average Bonchev–Trinajstić information content (AvgIpc) is 2.25. The second-order valence-corrected chi connectivity index (χ2v) is 5.51. The number of ketones is 1. The number of amides is 1. The Morgan fingerprint density at radius 1 is 1.20 bits per heavy atom. The first-order chi connectivity index (χ1) is 9.17. The summed E-state index contributed by atoms with van der Waals surface area (Å²) in [7, 11) is 0. The van der Waals surface area contributed by atoms with E-state index in [0.29, 0.717) is 11.3 Å². The van der Waals surface area contributed by atoms with Crippen molar-refractivity contribution in [1.82, 2.24) is 0 Å². The molecule has 20 heavy (non-hydrogen) atoms. The third-order valence-electron chi connectivity index (χ3n) is 2.19. The minimum Gasteiger partial charge on any atom is -0.456 e. The van der Waals surface area contributed by atoms with Gasteiger partial charge in [-0.05, 0) is 45.9 Å². The Kier molecular flexibility index (Phi) is 5.02. The summed E-state index contributed by atoms with van der Waals surface area (Å²) in [6.07, 6.45) is -0.184. The highest BCUT2D eigenvalue weighted by Crippen LogP contribution is 2.15. The maximum absolute atomic E-state index is 11.9. The van der Waals surface area contributed by atoms with E-state index in [1.807, 2.05) is 0 Å². The van der Waals surface area contributed by atoms with Crippen molar-refractivity contribution in [2.45, 2.75) is 39.7 Å². The van der Waals surface area contributed by atoms with E-state index in [2.05, 4.69) is 5.32 Å². The largest absolute Gasteiger partial charge is 0.456 e. The van der Waals surface area contributed by atoms with Gasteiger partial charge in [0.2, 0.25) is 5.91 Å². The molecule has 0 radical (unpaired) electrons. The molecule has 0 fully saturated rings. The van der Waals surface area contributed by atoms with Crippen LogP contribution < -0.4 is 5.32 Å². The summed E-state index contributed by atoms with van der Waals surface area (Å²) in [4.78, 5) is 34.2. The van der Waals surface area contributed by atoms with Crippen molar-refractivity contribution in [3.8, 4) is 0 Å². The molecule has 1 aromatic carbocycles. The first-order valence-electron chi connectivity index (χ1n) is 6.30. The summed E-state index contributed by atoms with van der Waals surface area (Å²) in [5.41, 5.74) is 0.227. The van der Waals surface area contributed by atoms with Crippen LogP contribution in [0.2, 0.25) is 0 Å². The van der Waals surface area contributed by atoms with Gasteiger partial charge in [0, 0.05) is 5.69 Å². The molecule has 1 rings (SSSR count). The Balaban J connectivity index is 2.78. The first-order valence-corrected chi connectivity index (χ1v) is 6.30. The lowest BCUT2D eigenvalue weighted by Crippen LogP contribution is -2.24. The molecule has 108 valence electrons. The van der Waals surface area contributed by atoms with Crippen LogP contribution in [0.25, 0.3) is 0 Å². The first kappa shape index (κ1) is 15.9. The van der Waals surface area contributed by atoms with E-state index in [4.69, 9.17) is 4.74 Å². The summed E-state index contributed by atoms with van der Waals surface area (Å²) >= 11 is 0. The minimum absolute atomic E-state index is 0.184. The van der Waals surface area contributed by atoms with E-state index < -0.39 is 17.5 Å². The molecular formula is C15H19NO4. The van der Waals surface area contributed by atoms with Crippen LogP contribution in [-0.4, -0.2) is 23.3 Å². The van der Waals surface area contributed by atoms with Crippen LogP contribution in [0.1, 0.15) is 44.5 Å². The summed E-state index contributed by atoms with van der Waals surface area (Å²) in [6.45, 7) is 6.69. The molecule has 0 unspecified atom stereocenters. The van der Waals surface area contributed by atoms with Crippen molar-refractivity contribution in [3.63, 3.8) is 0 Å². The van der Waals surface area contributed by atoms with Crippen molar-refractivity contribution < 1.29 is 19.1 Å². The molecule has 0 bridgehead atoms. The van der Waals surface area contributed by atoms with Crippen molar-refractivity contribution >= 4 is 23.3 Å². The number of carbonyl (C=O) groups excluding carboxylic acids is 3. The van der Waals surface area contributed by atoms with Gasteiger partial charge in [0.1, 0.15) is 11.4 Å². The smallest absolute Gasteiger partial charge is 0.338 e. The van der Waals surface area contributed by atoms with Crippen molar-refractivity contribution in [2.75, 3.05) is 5.32 Å². The third-order valence-corrected chi connectivity index (χ3v) is 2.19. The number of nitrogens with one attached hydrogen (secondary N) is 1. The molecule has 1 amide bonds. The topological polar surface area (TPSA) is 72.5 Å². The number of benzene rings is 1. The highest BCUT2D eigenvalue weighted by Gasteiger charge is 2.18. The number of ether oxygens (including phenoxy) is 1. The normalized spacial score (nSPS) is 10.8. The van der Waals surface area contributed by atoms with Gasteiger partial charge in [0.05, 0.1) is 12.0 Å². The van der Waals surface area contributed by atoms with Gasteiger partial charge in [-0.3, -0.25) is 9.59 Å². The van der Waals surface area contributed by atoms with E-state index >= 15 is 0 Å². The Hall–Kier alpha value is -2.17. The van der Waals surface area contributed by atoms with Crippen LogP contribution in [0.4, 0.5) is 5.69 Å². The average molecular weight is 277 g/mol. The van der Waals surface area contributed by atoms with Gasteiger partial charge in [0.25, 0.3) is 0 Å². The van der Waals surface area contributed by atoms with Crippen LogP contribution in [-0.2, 0) is 14.3 Å². The Labute approximate surface area is 118 Å². The lowest BCUT2D eigenvalue weighted by atomic mass is 10.1. The van der Waals surface area contributed by atoms with Gasteiger partial charge in [0.15, 0.2) is 0 Å². The van der Waals surface area contributed by atoms with E-state index in [9.17, 15) is 14.4 Å². The zero-order valence-electron chi connectivity index (χ0n) is 12.1. The minimum atomic E-state index is -0.578. The zero-order valence-corrected chi connectivity index (χ0v) is 12.1. The third kappa shape index (κ3) is 5.65.